The summed E-state index contributed by atoms with van der Waals surface area (Å²) in [6.45, 7) is 2.35. The summed E-state index contributed by atoms with van der Waals surface area (Å²) in [5, 5.41) is 9.75. The Bertz CT molecular complexity index is 659. The van der Waals surface area contributed by atoms with Crippen LogP contribution in [0.15, 0.2) is 29.8 Å². The molecule has 0 aromatic heterocycles. The zero-order chi connectivity index (χ0) is 16.2. The van der Waals surface area contributed by atoms with E-state index < -0.39 is 5.79 Å². The molecule has 1 N–H and O–H groups in total. The molecular weight excluding hydrogens is 288 g/mol. The number of hydrogen-bond acceptors (Lipinski definition) is 3. The Kier molecular flexibility index (Phi) is 3.37. The van der Waals surface area contributed by atoms with E-state index in [0.717, 1.165) is 32.1 Å². The fourth-order valence-corrected chi connectivity index (χ4v) is 5.67. The molecule has 0 aliphatic heterocycles. The first-order valence-corrected chi connectivity index (χ1v) is 8.67. The molecule has 1 aromatic carbocycles. The summed E-state index contributed by atoms with van der Waals surface area (Å²) in [7, 11) is 3.58. The standard InChI is InChI=1S/C20H26O3/c1-19-10-8-16-15-7-5-14(21)12-13(15)4-6-17(16)18(19)9-11-20(19,22-2)23-3/h5-7,12,16,18,21H,4,8-11H2,1-3H3/t16?,18?,19-/m0/s1. The maximum Gasteiger partial charge on any atom is 0.173 e. The van der Waals surface area contributed by atoms with Crippen LogP contribution in [0.1, 0.15) is 49.7 Å². The van der Waals surface area contributed by atoms with E-state index >= 15 is 0 Å². The van der Waals surface area contributed by atoms with Gasteiger partial charge in [-0.1, -0.05) is 24.6 Å². The summed E-state index contributed by atoms with van der Waals surface area (Å²) in [6, 6.07) is 5.89. The Morgan fingerprint density at radius 3 is 2.65 bits per heavy atom. The number of fused-ring (bicyclic) bond motifs is 5. The number of benzene rings is 1. The minimum absolute atomic E-state index is 0.0489. The zero-order valence-electron chi connectivity index (χ0n) is 14.3. The molecule has 0 heterocycles. The molecule has 0 saturated heterocycles. The first kappa shape index (κ1) is 15.2. The lowest BCUT2D eigenvalue weighted by Gasteiger charge is -2.50. The Morgan fingerprint density at radius 2 is 1.91 bits per heavy atom. The number of phenols is 1. The lowest BCUT2D eigenvalue weighted by atomic mass is 9.58. The van der Waals surface area contributed by atoms with Gasteiger partial charge in [-0.2, -0.15) is 0 Å². The number of ether oxygens (including phenoxy) is 2. The Labute approximate surface area is 138 Å². The molecule has 0 spiro atoms. The van der Waals surface area contributed by atoms with Crippen LogP contribution in [0, 0.1) is 11.3 Å². The van der Waals surface area contributed by atoms with Crippen LogP contribution in [-0.2, 0) is 15.9 Å². The first-order valence-electron chi connectivity index (χ1n) is 8.67. The van der Waals surface area contributed by atoms with Crippen molar-refractivity contribution in [3.05, 3.63) is 41.0 Å². The topological polar surface area (TPSA) is 38.7 Å². The van der Waals surface area contributed by atoms with Gasteiger partial charge in [0.1, 0.15) is 5.75 Å². The van der Waals surface area contributed by atoms with E-state index in [0.29, 0.717) is 17.6 Å². The van der Waals surface area contributed by atoms with E-state index in [-0.39, 0.29) is 5.41 Å². The van der Waals surface area contributed by atoms with Crippen molar-refractivity contribution in [1.29, 1.82) is 0 Å². The van der Waals surface area contributed by atoms with Crippen LogP contribution in [0.5, 0.6) is 5.75 Å². The number of aromatic hydroxyl groups is 1. The van der Waals surface area contributed by atoms with Crippen molar-refractivity contribution in [2.75, 3.05) is 14.2 Å². The van der Waals surface area contributed by atoms with Crippen LogP contribution in [0.4, 0.5) is 0 Å². The van der Waals surface area contributed by atoms with Crippen molar-refractivity contribution in [3.8, 4) is 5.75 Å². The second-order valence-corrected chi connectivity index (χ2v) is 7.55. The highest BCUT2D eigenvalue weighted by Crippen LogP contribution is 2.64. The average Bonchev–Trinajstić information content (AvgIpc) is 2.87. The molecule has 0 radical (unpaired) electrons. The van der Waals surface area contributed by atoms with E-state index in [1.54, 1.807) is 19.8 Å². The number of rotatable bonds is 2. The molecule has 124 valence electrons. The molecule has 23 heavy (non-hydrogen) atoms. The lowest BCUT2D eigenvalue weighted by Crippen LogP contribution is -2.50. The highest BCUT2D eigenvalue weighted by atomic mass is 16.7. The van der Waals surface area contributed by atoms with Gasteiger partial charge < -0.3 is 14.6 Å². The molecular formula is C20H26O3. The average molecular weight is 314 g/mol. The predicted molar refractivity (Wildman–Crippen MR) is 89.4 cm³/mol. The van der Waals surface area contributed by atoms with Gasteiger partial charge in [0.2, 0.25) is 0 Å². The SMILES string of the molecule is COC1(OC)CCC2C3=CCc4cc(O)ccc4C3CC[C@@]21C. The largest absolute Gasteiger partial charge is 0.508 e. The van der Waals surface area contributed by atoms with Crippen LogP contribution in [0.3, 0.4) is 0 Å². The number of phenolic OH excluding ortho intramolecular Hbond substituents is 1. The van der Waals surface area contributed by atoms with Gasteiger partial charge in [-0.15, -0.1) is 0 Å². The fourth-order valence-electron chi connectivity index (χ4n) is 5.67. The third-order valence-corrected chi connectivity index (χ3v) is 6.88. The quantitative estimate of drug-likeness (QED) is 0.658. The van der Waals surface area contributed by atoms with Gasteiger partial charge in [0.15, 0.2) is 5.79 Å². The van der Waals surface area contributed by atoms with Crippen molar-refractivity contribution in [2.24, 2.45) is 11.3 Å². The van der Waals surface area contributed by atoms with Crippen LogP contribution in [-0.4, -0.2) is 25.1 Å². The van der Waals surface area contributed by atoms with Crippen molar-refractivity contribution in [3.63, 3.8) is 0 Å². The monoisotopic (exact) mass is 314 g/mol. The highest BCUT2D eigenvalue weighted by Gasteiger charge is 2.61. The van der Waals surface area contributed by atoms with E-state index in [1.807, 2.05) is 12.1 Å². The van der Waals surface area contributed by atoms with Crippen molar-refractivity contribution in [2.45, 2.75) is 50.7 Å². The van der Waals surface area contributed by atoms with Gasteiger partial charge in [-0.25, -0.2) is 0 Å². The van der Waals surface area contributed by atoms with Crippen molar-refractivity contribution in [1.82, 2.24) is 0 Å². The van der Waals surface area contributed by atoms with E-state index in [2.05, 4.69) is 19.1 Å². The Morgan fingerprint density at radius 1 is 1.13 bits per heavy atom. The summed E-state index contributed by atoms with van der Waals surface area (Å²) in [5.41, 5.74) is 4.32. The first-order chi connectivity index (χ1) is 11.0. The summed E-state index contributed by atoms with van der Waals surface area (Å²) in [5.74, 6) is 0.962. The summed E-state index contributed by atoms with van der Waals surface area (Å²) in [4.78, 5) is 0. The lowest BCUT2D eigenvalue weighted by molar-refractivity contribution is -0.267. The van der Waals surface area contributed by atoms with Gasteiger partial charge in [-0.3, -0.25) is 0 Å². The van der Waals surface area contributed by atoms with Gasteiger partial charge in [0.05, 0.1) is 0 Å². The van der Waals surface area contributed by atoms with Crippen molar-refractivity contribution < 1.29 is 14.6 Å². The molecule has 3 aliphatic rings. The maximum atomic E-state index is 9.75. The third kappa shape index (κ3) is 1.90. The van der Waals surface area contributed by atoms with Gasteiger partial charge in [0, 0.05) is 32.0 Å². The van der Waals surface area contributed by atoms with Gasteiger partial charge in [0.25, 0.3) is 0 Å². The molecule has 3 nitrogen and oxygen atoms in total. The minimum atomic E-state index is -0.446. The molecule has 2 saturated carbocycles. The van der Waals surface area contributed by atoms with Crippen LogP contribution >= 0.6 is 0 Å². The van der Waals surface area contributed by atoms with Crippen LogP contribution < -0.4 is 0 Å². The minimum Gasteiger partial charge on any atom is -0.508 e. The maximum absolute atomic E-state index is 9.75. The summed E-state index contributed by atoms with van der Waals surface area (Å²) < 4.78 is 11.8. The van der Waals surface area contributed by atoms with E-state index in [9.17, 15) is 5.11 Å². The molecule has 3 aliphatic carbocycles. The number of hydrogen-bond donors (Lipinski definition) is 1. The van der Waals surface area contributed by atoms with Crippen molar-refractivity contribution >= 4 is 0 Å². The zero-order valence-corrected chi connectivity index (χ0v) is 14.3. The molecule has 4 rings (SSSR count). The normalized spacial score (nSPS) is 34.3. The molecule has 3 atom stereocenters. The second-order valence-electron chi connectivity index (χ2n) is 7.55. The van der Waals surface area contributed by atoms with Crippen LogP contribution in [0.2, 0.25) is 0 Å². The Hall–Kier alpha value is -1.32. The summed E-state index contributed by atoms with van der Waals surface area (Å²) >= 11 is 0. The molecule has 0 bridgehead atoms. The Balaban J connectivity index is 1.74. The third-order valence-electron chi connectivity index (χ3n) is 6.88. The molecule has 0 amide bonds. The molecule has 2 fully saturated rings. The summed E-state index contributed by atoms with van der Waals surface area (Å²) in [6.07, 6.45) is 7.68. The second kappa shape index (κ2) is 5.09. The smallest absolute Gasteiger partial charge is 0.173 e. The number of methoxy groups -OCH3 is 2. The highest BCUT2D eigenvalue weighted by molar-refractivity contribution is 5.47. The van der Waals surface area contributed by atoms with E-state index in [1.165, 1.54) is 11.1 Å². The molecule has 1 aromatic rings. The molecule has 3 heteroatoms. The van der Waals surface area contributed by atoms with E-state index in [4.69, 9.17) is 9.47 Å². The fraction of sp³-hybridized carbons (Fsp3) is 0.600. The van der Waals surface area contributed by atoms with Gasteiger partial charge >= 0.3 is 0 Å². The van der Waals surface area contributed by atoms with Gasteiger partial charge in [-0.05, 0) is 54.9 Å². The molecule has 2 unspecified atom stereocenters. The number of allylic oxidation sites excluding steroid dienone is 2. The van der Waals surface area contributed by atoms with Crippen LogP contribution in [0.25, 0.3) is 0 Å². The predicted octanol–water partition coefficient (Wildman–Crippen LogP) is 4.16.